The summed E-state index contributed by atoms with van der Waals surface area (Å²) in [6, 6.07) is 14.1. The van der Waals surface area contributed by atoms with Crippen molar-refractivity contribution >= 4 is 16.7 Å². The minimum absolute atomic E-state index is 0.00126. The van der Waals surface area contributed by atoms with Crippen molar-refractivity contribution < 1.29 is 9.00 Å². The van der Waals surface area contributed by atoms with Gasteiger partial charge in [-0.2, -0.15) is 0 Å². The van der Waals surface area contributed by atoms with E-state index in [1.165, 1.54) is 11.1 Å². The predicted octanol–water partition coefficient (Wildman–Crippen LogP) is 3.91. The number of carbonyl (C=O) groups excluding carboxylic acids is 1. The Kier molecular flexibility index (Phi) is 7.33. The molecule has 0 aliphatic heterocycles. The molecule has 0 saturated heterocycles. The highest BCUT2D eigenvalue weighted by Crippen LogP contribution is 2.20. The molecular formula is C22H30N2O2S. The molecule has 1 N–H and O–H groups in total. The Labute approximate surface area is 165 Å². The fourth-order valence-corrected chi connectivity index (χ4v) is 3.48. The molecule has 1 amide bonds. The first-order chi connectivity index (χ1) is 12.7. The SMILES string of the molecule is Cc1ccc(C(C)NC(=O)CN(C)C(C)c2ccc(S(C)=O)cc2)cc1C. The van der Waals surface area contributed by atoms with Crippen LogP contribution in [0, 0.1) is 13.8 Å². The van der Waals surface area contributed by atoms with Crippen molar-refractivity contribution in [2.75, 3.05) is 19.8 Å². The monoisotopic (exact) mass is 386 g/mol. The average molecular weight is 387 g/mol. The van der Waals surface area contributed by atoms with E-state index in [1.54, 1.807) is 6.26 Å². The van der Waals surface area contributed by atoms with Crippen LogP contribution in [0.1, 0.15) is 48.2 Å². The van der Waals surface area contributed by atoms with Crippen molar-refractivity contribution in [3.8, 4) is 0 Å². The third kappa shape index (κ3) is 5.75. The zero-order chi connectivity index (χ0) is 20.1. The number of nitrogens with one attached hydrogen (secondary N) is 1. The standard InChI is InChI=1S/C22H30N2O2S/c1-15-7-8-20(13-16(15)2)17(3)23-22(25)14-24(5)18(4)19-9-11-21(12-10-19)27(6)26/h7-13,17-18H,14H2,1-6H3,(H,23,25). The average Bonchev–Trinajstić information content (AvgIpc) is 2.63. The quantitative estimate of drug-likeness (QED) is 0.785. The number of hydrogen-bond donors (Lipinski definition) is 1. The third-order valence-electron chi connectivity index (χ3n) is 5.16. The van der Waals surface area contributed by atoms with Gasteiger partial charge in [0.25, 0.3) is 0 Å². The molecule has 3 unspecified atom stereocenters. The van der Waals surface area contributed by atoms with Crippen LogP contribution < -0.4 is 5.32 Å². The Balaban J connectivity index is 1.95. The van der Waals surface area contributed by atoms with Gasteiger partial charge in [-0.05, 0) is 69.1 Å². The van der Waals surface area contributed by atoms with Gasteiger partial charge in [0.1, 0.15) is 0 Å². The second-order valence-corrected chi connectivity index (χ2v) is 8.63. The van der Waals surface area contributed by atoms with E-state index in [4.69, 9.17) is 0 Å². The first kappa shape index (κ1) is 21.3. The van der Waals surface area contributed by atoms with E-state index in [1.807, 2.05) is 43.1 Å². The van der Waals surface area contributed by atoms with Crippen molar-refractivity contribution in [3.63, 3.8) is 0 Å². The maximum atomic E-state index is 12.5. The number of likely N-dealkylation sites (N-methyl/N-ethyl adjacent to an activating group) is 1. The Morgan fingerprint density at radius 1 is 1.04 bits per heavy atom. The maximum Gasteiger partial charge on any atom is 0.234 e. The zero-order valence-electron chi connectivity index (χ0n) is 17.1. The lowest BCUT2D eigenvalue weighted by Gasteiger charge is -2.25. The van der Waals surface area contributed by atoms with Gasteiger partial charge in [-0.1, -0.05) is 30.3 Å². The number of amides is 1. The molecule has 0 heterocycles. The lowest BCUT2D eigenvalue weighted by Crippen LogP contribution is -2.37. The number of hydrogen-bond acceptors (Lipinski definition) is 3. The Morgan fingerprint density at radius 2 is 1.63 bits per heavy atom. The normalized spacial score (nSPS) is 14.6. The van der Waals surface area contributed by atoms with Crippen LogP contribution in [0.15, 0.2) is 47.4 Å². The van der Waals surface area contributed by atoms with Gasteiger partial charge < -0.3 is 5.32 Å². The van der Waals surface area contributed by atoms with Gasteiger partial charge in [0.15, 0.2) is 0 Å². The molecule has 0 spiro atoms. The molecule has 27 heavy (non-hydrogen) atoms. The van der Waals surface area contributed by atoms with E-state index >= 15 is 0 Å². The molecule has 0 radical (unpaired) electrons. The van der Waals surface area contributed by atoms with E-state index in [0.717, 1.165) is 16.0 Å². The zero-order valence-corrected chi connectivity index (χ0v) is 17.9. The minimum Gasteiger partial charge on any atom is -0.348 e. The Morgan fingerprint density at radius 3 is 2.19 bits per heavy atom. The number of benzene rings is 2. The maximum absolute atomic E-state index is 12.5. The number of nitrogens with zero attached hydrogens (tertiary/aromatic N) is 1. The van der Waals surface area contributed by atoms with Gasteiger partial charge in [-0.25, -0.2) is 0 Å². The number of carbonyl (C=O) groups is 1. The fraction of sp³-hybridized carbons (Fsp3) is 0.409. The summed E-state index contributed by atoms with van der Waals surface area (Å²) in [7, 11) is 0.965. The number of rotatable bonds is 7. The first-order valence-electron chi connectivity index (χ1n) is 9.19. The smallest absolute Gasteiger partial charge is 0.234 e. The fourth-order valence-electron chi connectivity index (χ4n) is 2.96. The largest absolute Gasteiger partial charge is 0.348 e. The van der Waals surface area contributed by atoms with Crippen molar-refractivity contribution in [2.45, 2.75) is 44.7 Å². The predicted molar refractivity (Wildman–Crippen MR) is 112 cm³/mol. The Bertz CT molecular complexity index is 818. The van der Waals surface area contributed by atoms with E-state index in [-0.39, 0.29) is 18.0 Å². The van der Waals surface area contributed by atoms with Crippen LogP contribution >= 0.6 is 0 Å². The summed E-state index contributed by atoms with van der Waals surface area (Å²) in [6.07, 6.45) is 1.67. The molecule has 0 aliphatic rings. The van der Waals surface area contributed by atoms with Crippen molar-refractivity contribution in [1.82, 2.24) is 10.2 Å². The summed E-state index contributed by atoms with van der Waals surface area (Å²) in [5.41, 5.74) is 4.70. The summed E-state index contributed by atoms with van der Waals surface area (Å²) in [4.78, 5) is 15.3. The van der Waals surface area contributed by atoms with Gasteiger partial charge >= 0.3 is 0 Å². The van der Waals surface area contributed by atoms with Gasteiger partial charge in [-0.3, -0.25) is 13.9 Å². The molecule has 0 saturated carbocycles. The van der Waals surface area contributed by atoms with Gasteiger partial charge in [-0.15, -0.1) is 0 Å². The van der Waals surface area contributed by atoms with Crippen LogP contribution in [0.25, 0.3) is 0 Å². The third-order valence-corrected chi connectivity index (χ3v) is 6.09. The summed E-state index contributed by atoms with van der Waals surface area (Å²) in [6.45, 7) is 8.57. The number of aryl methyl sites for hydroxylation is 2. The molecule has 3 atom stereocenters. The lowest BCUT2D eigenvalue weighted by atomic mass is 10.0. The van der Waals surface area contributed by atoms with Crippen molar-refractivity contribution in [2.24, 2.45) is 0 Å². The van der Waals surface area contributed by atoms with Crippen molar-refractivity contribution in [1.29, 1.82) is 0 Å². The lowest BCUT2D eigenvalue weighted by molar-refractivity contribution is -0.123. The highest BCUT2D eigenvalue weighted by molar-refractivity contribution is 7.84. The summed E-state index contributed by atoms with van der Waals surface area (Å²) >= 11 is 0. The summed E-state index contributed by atoms with van der Waals surface area (Å²) in [5.74, 6) is 0.00126. The van der Waals surface area contributed by atoms with Crippen LogP contribution in [0.3, 0.4) is 0 Å². The molecule has 2 rings (SSSR count). The second kappa shape index (κ2) is 9.29. The van der Waals surface area contributed by atoms with Crippen molar-refractivity contribution in [3.05, 3.63) is 64.7 Å². The molecule has 4 nitrogen and oxygen atoms in total. The van der Waals surface area contributed by atoms with Gasteiger partial charge in [0, 0.05) is 28.0 Å². The topological polar surface area (TPSA) is 49.4 Å². The minimum atomic E-state index is -0.976. The molecule has 2 aromatic rings. The molecule has 0 bridgehead atoms. The van der Waals surface area contributed by atoms with E-state index in [9.17, 15) is 9.00 Å². The van der Waals surface area contributed by atoms with Crippen LogP contribution in [0.2, 0.25) is 0 Å². The summed E-state index contributed by atoms with van der Waals surface area (Å²) in [5, 5.41) is 3.08. The van der Waals surface area contributed by atoms with E-state index in [2.05, 4.69) is 44.3 Å². The van der Waals surface area contributed by atoms with E-state index in [0.29, 0.717) is 6.54 Å². The molecule has 146 valence electrons. The highest BCUT2D eigenvalue weighted by atomic mass is 32.2. The molecule has 0 fully saturated rings. The molecule has 0 aliphatic carbocycles. The summed E-state index contributed by atoms with van der Waals surface area (Å²) < 4.78 is 11.5. The first-order valence-corrected chi connectivity index (χ1v) is 10.7. The molecular weight excluding hydrogens is 356 g/mol. The van der Waals surface area contributed by atoms with Gasteiger partial charge in [0.2, 0.25) is 5.91 Å². The van der Waals surface area contributed by atoms with Gasteiger partial charge in [0.05, 0.1) is 12.6 Å². The van der Waals surface area contributed by atoms with E-state index < -0.39 is 10.8 Å². The second-order valence-electron chi connectivity index (χ2n) is 7.25. The molecule has 5 heteroatoms. The highest BCUT2D eigenvalue weighted by Gasteiger charge is 2.17. The Hall–Kier alpha value is -1.98. The van der Waals surface area contributed by atoms with Crippen LogP contribution in [-0.4, -0.2) is 34.9 Å². The van der Waals surface area contributed by atoms with Crippen LogP contribution in [0.5, 0.6) is 0 Å². The van der Waals surface area contributed by atoms with Crippen LogP contribution in [-0.2, 0) is 15.6 Å². The molecule has 0 aromatic heterocycles. The van der Waals surface area contributed by atoms with Crippen LogP contribution in [0.4, 0.5) is 0 Å². The molecule has 2 aromatic carbocycles.